The van der Waals surface area contributed by atoms with E-state index in [1.54, 1.807) is 11.8 Å². The smallest absolute Gasteiger partial charge is 0.0541 e. The maximum atomic E-state index is 6.05. The van der Waals surface area contributed by atoms with Crippen LogP contribution in [0.25, 0.3) is 10.8 Å². The van der Waals surface area contributed by atoms with E-state index >= 15 is 0 Å². The quantitative estimate of drug-likeness (QED) is 0.444. The molecule has 0 amide bonds. The van der Waals surface area contributed by atoms with Gasteiger partial charge in [-0.15, -0.1) is 0 Å². The second kappa shape index (κ2) is 4.19. The zero-order chi connectivity index (χ0) is 12.8. The highest BCUT2D eigenvalue weighted by molar-refractivity contribution is 8.00. The minimum atomic E-state index is 0.760. The summed E-state index contributed by atoms with van der Waals surface area (Å²) in [7, 11) is 0. The fraction of sp³-hybridized carbons (Fsp3) is 0. The van der Waals surface area contributed by atoms with Gasteiger partial charge < -0.3 is 5.32 Å². The predicted molar refractivity (Wildman–Crippen MR) is 82.8 cm³/mol. The summed E-state index contributed by atoms with van der Waals surface area (Å²) in [5.41, 5.74) is 2.23. The van der Waals surface area contributed by atoms with E-state index in [4.69, 9.17) is 11.6 Å². The van der Waals surface area contributed by atoms with Crippen molar-refractivity contribution in [2.75, 3.05) is 5.32 Å². The second-order valence-electron chi connectivity index (χ2n) is 4.53. The molecule has 92 valence electrons. The van der Waals surface area contributed by atoms with Gasteiger partial charge in [-0.25, -0.2) is 0 Å². The number of halogens is 1. The lowest BCUT2D eigenvalue weighted by Gasteiger charge is -2.22. The molecule has 19 heavy (non-hydrogen) atoms. The minimum Gasteiger partial charge on any atom is -0.354 e. The Hall–Kier alpha value is -1.64. The summed E-state index contributed by atoms with van der Waals surface area (Å²) in [5.74, 6) is 0. The molecule has 0 aromatic heterocycles. The van der Waals surface area contributed by atoms with Crippen LogP contribution in [0.15, 0.2) is 64.4 Å². The second-order valence-corrected chi connectivity index (χ2v) is 6.02. The van der Waals surface area contributed by atoms with Crippen molar-refractivity contribution in [1.82, 2.24) is 0 Å². The van der Waals surface area contributed by atoms with Crippen molar-refractivity contribution in [3.05, 3.63) is 59.6 Å². The van der Waals surface area contributed by atoms with Gasteiger partial charge in [-0.1, -0.05) is 53.7 Å². The number of rotatable bonds is 0. The van der Waals surface area contributed by atoms with Crippen LogP contribution in [0, 0.1) is 0 Å². The Morgan fingerprint density at radius 2 is 1.79 bits per heavy atom. The van der Waals surface area contributed by atoms with Gasteiger partial charge in [0.25, 0.3) is 0 Å². The maximum absolute atomic E-state index is 6.05. The van der Waals surface area contributed by atoms with Crippen molar-refractivity contribution < 1.29 is 0 Å². The molecular weight excluding hydrogens is 274 g/mol. The van der Waals surface area contributed by atoms with Crippen LogP contribution in [0.1, 0.15) is 0 Å². The van der Waals surface area contributed by atoms with Crippen molar-refractivity contribution in [3.8, 4) is 0 Å². The summed E-state index contributed by atoms with van der Waals surface area (Å²) >= 11 is 7.85. The number of nitrogens with one attached hydrogen (secondary N) is 1. The number of hydrogen-bond donors (Lipinski definition) is 1. The Labute approximate surface area is 120 Å². The third kappa shape index (κ3) is 1.79. The van der Waals surface area contributed by atoms with Crippen LogP contribution < -0.4 is 5.32 Å². The highest BCUT2D eigenvalue weighted by atomic mass is 35.5. The van der Waals surface area contributed by atoms with E-state index < -0.39 is 0 Å². The van der Waals surface area contributed by atoms with E-state index in [9.17, 15) is 0 Å². The third-order valence-electron chi connectivity index (χ3n) is 3.30. The van der Waals surface area contributed by atoms with Gasteiger partial charge in [-0.3, -0.25) is 0 Å². The molecule has 0 aliphatic carbocycles. The molecule has 1 N–H and O–H groups in total. The van der Waals surface area contributed by atoms with E-state index in [0.717, 1.165) is 16.4 Å². The van der Waals surface area contributed by atoms with Crippen molar-refractivity contribution in [1.29, 1.82) is 0 Å². The number of benzene rings is 3. The first-order chi connectivity index (χ1) is 9.31. The van der Waals surface area contributed by atoms with Crippen LogP contribution >= 0.6 is 23.4 Å². The lowest BCUT2D eigenvalue weighted by molar-refractivity contribution is 1.34. The fourth-order valence-corrected chi connectivity index (χ4v) is 3.67. The number of hydrogen-bond acceptors (Lipinski definition) is 2. The standard InChI is InChI=1S/C16H10ClNS/c17-11-6-8-15-14(9-11)18-13-7-5-10-3-1-2-4-12(10)16(13)19-15/h1-9,18H. The molecule has 1 aliphatic heterocycles. The SMILES string of the molecule is Clc1ccc2c(c1)Nc1ccc3ccccc3c1S2. The Morgan fingerprint density at radius 1 is 0.895 bits per heavy atom. The van der Waals surface area contributed by atoms with Gasteiger partial charge in [0.05, 0.1) is 11.4 Å². The molecule has 3 aromatic carbocycles. The van der Waals surface area contributed by atoms with Gasteiger partial charge in [0.2, 0.25) is 0 Å². The zero-order valence-electron chi connectivity index (χ0n) is 9.98. The van der Waals surface area contributed by atoms with Gasteiger partial charge in [0, 0.05) is 14.8 Å². The zero-order valence-corrected chi connectivity index (χ0v) is 11.6. The molecule has 4 rings (SSSR count). The van der Waals surface area contributed by atoms with E-state index in [2.05, 4.69) is 47.8 Å². The Kier molecular flexibility index (Phi) is 2.47. The lowest BCUT2D eigenvalue weighted by atomic mass is 10.1. The van der Waals surface area contributed by atoms with E-state index in [-0.39, 0.29) is 0 Å². The summed E-state index contributed by atoms with van der Waals surface area (Å²) in [6.07, 6.45) is 0. The summed E-state index contributed by atoms with van der Waals surface area (Å²) in [6.45, 7) is 0. The molecule has 3 heteroatoms. The van der Waals surface area contributed by atoms with Crippen LogP contribution in [-0.2, 0) is 0 Å². The Bertz CT molecular complexity index is 798. The van der Waals surface area contributed by atoms with Crippen molar-refractivity contribution in [3.63, 3.8) is 0 Å². The highest BCUT2D eigenvalue weighted by Crippen LogP contribution is 2.47. The molecule has 0 radical (unpaired) electrons. The summed E-state index contributed by atoms with van der Waals surface area (Å²) in [6, 6.07) is 18.7. The van der Waals surface area contributed by atoms with Crippen LogP contribution in [0.2, 0.25) is 5.02 Å². The molecule has 0 unspecified atom stereocenters. The number of fused-ring (bicyclic) bond motifs is 4. The predicted octanol–water partition coefficient (Wildman–Crippen LogP) is 5.70. The normalized spacial score (nSPS) is 12.7. The number of anilines is 2. The third-order valence-corrected chi connectivity index (χ3v) is 4.76. The molecule has 0 bridgehead atoms. The van der Waals surface area contributed by atoms with E-state index in [0.29, 0.717) is 0 Å². The molecule has 0 saturated heterocycles. The minimum absolute atomic E-state index is 0.760. The van der Waals surface area contributed by atoms with Gasteiger partial charge in [0.1, 0.15) is 0 Å². The molecule has 1 heterocycles. The molecule has 0 saturated carbocycles. The van der Waals surface area contributed by atoms with Gasteiger partial charge >= 0.3 is 0 Å². The maximum Gasteiger partial charge on any atom is 0.0541 e. The fourth-order valence-electron chi connectivity index (χ4n) is 2.40. The van der Waals surface area contributed by atoms with Crippen LogP contribution in [0.5, 0.6) is 0 Å². The average molecular weight is 284 g/mol. The van der Waals surface area contributed by atoms with Gasteiger partial charge in [-0.05, 0) is 35.0 Å². The van der Waals surface area contributed by atoms with Crippen molar-refractivity contribution >= 4 is 45.5 Å². The summed E-state index contributed by atoms with van der Waals surface area (Å²) in [5, 5.41) is 6.79. The Balaban J connectivity index is 1.94. The van der Waals surface area contributed by atoms with Crippen molar-refractivity contribution in [2.24, 2.45) is 0 Å². The Morgan fingerprint density at radius 3 is 2.74 bits per heavy atom. The molecule has 1 aliphatic rings. The van der Waals surface area contributed by atoms with Gasteiger partial charge in [-0.2, -0.15) is 0 Å². The summed E-state index contributed by atoms with van der Waals surface area (Å²) < 4.78 is 0. The highest BCUT2D eigenvalue weighted by Gasteiger charge is 2.17. The topological polar surface area (TPSA) is 12.0 Å². The molecule has 0 fully saturated rings. The molecule has 3 aromatic rings. The van der Waals surface area contributed by atoms with Crippen molar-refractivity contribution in [2.45, 2.75) is 9.79 Å². The van der Waals surface area contributed by atoms with Gasteiger partial charge in [0.15, 0.2) is 0 Å². The largest absolute Gasteiger partial charge is 0.354 e. The van der Waals surface area contributed by atoms with E-state index in [1.165, 1.54) is 20.6 Å². The van der Waals surface area contributed by atoms with Crippen LogP contribution in [0.4, 0.5) is 11.4 Å². The molecular formula is C16H10ClNS. The monoisotopic (exact) mass is 283 g/mol. The molecule has 0 atom stereocenters. The summed E-state index contributed by atoms with van der Waals surface area (Å²) in [4.78, 5) is 2.50. The first-order valence-corrected chi connectivity index (χ1v) is 7.27. The lowest BCUT2D eigenvalue weighted by Crippen LogP contribution is -2.00. The average Bonchev–Trinajstić information content (AvgIpc) is 2.45. The van der Waals surface area contributed by atoms with Crippen LogP contribution in [-0.4, -0.2) is 0 Å². The first-order valence-electron chi connectivity index (χ1n) is 6.07. The van der Waals surface area contributed by atoms with Crippen LogP contribution in [0.3, 0.4) is 0 Å². The molecule has 0 spiro atoms. The first kappa shape index (κ1) is 11.2. The molecule has 1 nitrogen and oxygen atoms in total. The van der Waals surface area contributed by atoms with E-state index in [1.807, 2.05) is 12.1 Å².